The third-order valence-electron chi connectivity index (χ3n) is 4.58. The second-order valence-electron chi connectivity index (χ2n) is 6.29. The number of amides is 1. The van der Waals surface area contributed by atoms with E-state index in [-0.39, 0.29) is 5.56 Å². The van der Waals surface area contributed by atoms with Crippen LogP contribution in [-0.4, -0.2) is 42.0 Å². The number of thiazole rings is 1. The van der Waals surface area contributed by atoms with Gasteiger partial charge in [-0.3, -0.25) is 4.79 Å². The van der Waals surface area contributed by atoms with Gasteiger partial charge in [-0.15, -0.1) is 0 Å². The van der Waals surface area contributed by atoms with Gasteiger partial charge in [0.15, 0.2) is 5.13 Å². The molecule has 0 N–H and O–H groups in total. The quantitative estimate of drug-likeness (QED) is 0.654. The van der Waals surface area contributed by atoms with Crippen molar-refractivity contribution in [3.05, 3.63) is 59.7 Å². The van der Waals surface area contributed by atoms with Gasteiger partial charge in [-0.2, -0.15) is 13.2 Å². The lowest BCUT2D eigenvalue weighted by Gasteiger charge is -2.35. The number of carbonyl (C=O) groups is 1. The molecule has 4 rings (SSSR count). The number of benzene rings is 2. The lowest BCUT2D eigenvalue weighted by Crippen LogP contribution is -2.49. The van der Waals surface area contributed by atoms with Crippen LogP contribution < -0.4 is 4.90 Å². The van der Waals surface area contributed by atoms with Gasteiger partial charge in [0.1, 0.15) is 0 Å². The van der Waals surface area contributed by atoms with E-state index in [4.69, 9.17) is 0 Å². The molecule has 0 atom stereocenters. The molecule has 1 amide bonds. The summed E-state index contributed by atoms with van der Waals surface area (Å²) in [7, 11) is 0. The molecular formula is C19H16F3N3OS. The first-order valence-electron chi connectivity index (χ1n) is 8.49. The van der Waals surface area contributed by atoms with E-state index in [1.165, 1.54) is 23.1 Å². The molecule has 0 radical (unpaired) electrons. The van der Waals surface area contributed by atoms with Crippen LogP contribution in [0.25, 0.3) is 10.2 Å². The number of para-hydroxylation sites is 1. The number of halogens is 3. The van der Waals surface area contributed by atoms with Crippen LogP contribution in [0.2, 0.25) is 0 Å². The number of hydrogen-bond donors (Lipinski definition) is 0. The molecule has 1 aliphatic heterocycles. The summed E-state index contributed by atoms with van der Waals surface area (Å²) in [6.07, 6.45) is -4.55. The van der Waals surface area contributed by atoms with E-state index in [9.17, 15) is 18.0 Å². The molecule has 2 heterocycles. The molecule has 0 bridgehead atoms. The molecule has 8 heteroatoms. The number of nitrogens with zero attached hydrogens (tertiary/aromatic N) is 3. The molecule has 1 fully saturated rings. The summed E-state index contributed by atoms with van der Waals surface area (Å²) < 4.78 is 40.6. The Balaban J connectivity index is 1.49. The number of fused-ring (bicyclic) bond motifs is 1. The molecule has 27 heavy (non-hydrogen) atoms. The Labute approximate surface area is 157 Å². The van der Waals surface area contributed by atoms with Crippen LogP contribution in [-0.2, 0) is 6.18 Å². The van der Waals surface area contributed by atoms with Gasteiger partial charge in [-0.05, 0) is 24.3 Å². The summed E-state index contributed by atoms with van der Waals surface area (Å²) >= 11 is 1.58. The summed E-state index contributed by atoms with van der Waals surface area (Å²) in [5.74, 6) is -0.577. The van der Waals surface area contributed by atoms with Gasteiger partial charge in [0.2, 0.25) is 0 Å². The number of alkyl halides is 3. The van der Waals surface area contributed by atoms with Crippen LogP contribution in [0, 0.1) is 0 Å². The number of carbonyl (C=O) groups excluding carboxylic acids is 1. The van der Waals surface area contributed by atoms with Crippen LogP contribution >= 0.6 is 11.3 Å². The summed E-state index contributed by atoms with van der Waals surface area (Å²) in [5.41, 5.74) is -0.253. The monoisotopic (exact) mass is 391 g/mol. The average Bonchev–Trinajstić information content (AvgIpc) is 3.11. The van der Waals surface area contributed by atoms with Gasteiger partial charge in [-0.25, -0.2) is 4.98 Å². The first-order valence-corrected chi connectivity index (χ1v) is 9.31. The fraction of sp³-hybridized carbons (Fsp3) is 0.263. The molecule has 0 saturated carbocycles. The van der Waals surface area contributed by atoms with Crippen LogP contribution in [0.3, 0.4) is 0 Å². The average molecular weight is 391 g/mol. The molecule has 1 aromatic heterocycles. The summed E-state index contributed by atoms with van der Waals surface area (Å²) in [6.45, 7) is 1.81. The van der Waals surface area contributed by atoms with Crippen molar-refractivity contribution in [1.82, 2.24) is 9.88 Å². The summed E-state index contributed by atoms with van der Waals surface area (Å²) in [4.78, 5) is 20.8. The second-order valence-corrected chi connectivity index (χ2v) is 7.30. The van der Waals surface area contributed by atoms with Gasteiger partial charge < -0.3 is 9.80 Å². The Morgan fingerprint density at radius 1 is 0.963 bits per heavy atom. The Hall–Kier alpha value is -2.61. The zero-order valence-electron chi connectivity index (χ0n) is 14.2. The number of hydrogen-bond acceptors (Lipinski definition) is 4. The number of rotatable bonds is 2. The lowest BCUT2D eigenvalue weighted by atomic mass is 10.1. The third kappa shape index (κ3) is 3.49. The van der Waals surface area contributed by atoms with Gasteiger partial charge in [-0.1, -0.05) is 35.6 Å². The van der Waals surface area contributed by atoms with E-state index in [2.05, 4.69) is 9.88 Å². The van der Waals surface area contributed by atoms with E-state index in [0.717, 1.165) is 21.4 Å². The molecule has 0 aliphatic carbocycles. The molecule has 1 aliphatic rings. The smallest absolute Gasteiger partial charge is 0.345 e. The van der Waals surface area contributed by atoms with Crippen LogP contribution in [0.4, 0.5) is 18.3 Å². The highest BCUT2D eigenvalue weighted by molar-refractivity contribution is 7.22. The maximum Gasteiger partial charge on any atom is 0.417 e. The highest BCUT2D eigenvalue weighted by atomic mass is 32.1. The zero-order chi connectivity index (χ0) is 19.0. The lowest BCUT2D eigenvalue weighted by molar-refractivity contribution is -0.138. The van der Waals surface area contributed by atoms with Crippen LogP contribution in [0.1, 0.15) is 15.9 Å². The fourth-order valence-electron chi connectivity index (χ4n) is 3.18. The topological polar surface area (TPSA) is 36.4 Å². The maximum atomic E-state index is 13.2. The molecular weight excluding hydrogens is 375 g/mol. The van der Waals surface area contributed by atoms with E-state index >= 15 is 0 Å². The first-order chi connectivity index (χ1) is 12.9. The predicted octanol–water partition coefficient (Wildman–Crippen LogP) is 4.28. The van der Waals surface area contributed by atoms with E-state index in [1.54, 1.807) is 11.3 Å². The van der Waals surface area contributed by atoms with E-state index in [0.29, 0.717) is 26.2 Å². The largest absolute Gasteiger partial charge is 0.417 e. The Kier molecular flexibility index (Phi) is 4.51. The highest BCUT2D eigenvalue weighted by Gasteiger charge is 2.36. The zero-order valence-corrected chi connectivity index (χ0v) is 15.1. The molecule has 3 aromatic rings. The Morgan fingerprint density at radius 3 is 2.33 bits per heavy atom. The number of piperazine rings is 1. The molecule has 0 unspecified atom stereocenters. The molecule has 2 aromatic carbocycles. The standard InChI is InChI=1S/C19H16F3N3OS/c20-19(21,22)14-6-2-1-5-13(14)17(26)24-9-11-25(12-10-24)18-23-15-7-3-4-8-16(15)27-18/h1-8H,9-12H2. The minimum atomic E-state index is -4.55. The van der Waals surface area contributed by atoms with Crippen LogP contribution in [0.5, 0.6) is 0 Å². The van der Waals surface area contributed by atoms with Crippen molar-refractivity contribution in [3.8, 4) is 0 Å². The number of anilines is 1. The highest BCUT2D eigenvalue weighted by Crippen LogP contribution is 2.33. The normalized spacial score (nSPS) is 15.4. The van der Waals surface area contributed by atoms with Crippen molar-refractivity contribution in [2.75, 3.05) is 31.1 Å². The summed E-state index contributed by atoms with van der Waals surface area (Å²) in [5, 5.41) is 0.874. The SMILES string of the molecule is O=C(c1ccccc1C(F)(F)F)N1CCN(c2nc3ccccc3s2)CC1. The molecule has 1 saturated heterocycles. The van der Waals surface area contributed by atoms with Crippen molar-refractivity contribution in [1.29, 1.82) is 0 Å². The van der Waals surface area contributed by atoms with Gasteiger partial charge >= 0.3 is 6.18 Å². The fourth-order valence-corrected chi connectivity index (χ4v) is 4.20. The van der Waals surface area contributed by atoms with Crippen molar-refractivity contribution in [3.63, 3.8) is 0 Å². The minimum absolute atomic E-state index is 0.293. The van der Waals surface area contributed by atoms with Crippen molar-refractivity contribution < 1.29 is 18.0 Å². The molecule has 4 nitrogen and oxygen atoms in total. The van der Waals surface area contributed by atoms with E-state index in [1.807, 2.05) is 24.3 Å². The van der Waals surface area contributed by atoms with Crippen molar-refractivity contribution in [2.24, 2.45) is 0 Å². The Bertz CT molecular complexity index is 944. The second kappa shape index (κ2) is 6.84. The van der Waals surface area contributed by atoms with E-state index < -0.39 is 17.6 Å². The van der Waals surface area contributed by atoms with Gasteiger partial charge in [0.25, 0.3) is 5.91 Å². The first kappa shape index (κ1) is 17.8. The molecule has 0 spiro atoms. The minimum Gasteiger partial charge on any atom is -0.345 e. The molecule has 140 valence electrons. The van der Waals surface area contributed by atoms with Crippen molar-refractivity contribution >= 4 is 32.6 Å². The van der Waals surface area contributed by atoms with Gasteiger partial charge in [0.05, 0.1) is 21.3 Å². The van der Waals surface area contributed by atoms with Gasteiger partial charge in [0, 0.05) is 26.2 Å². The predicted molar refractivity (Wildman–Crippen MR) is 99.2 cm³/mol. The maximum absolute atomic E-state index is 13.2. The third-order valence-corrected chi connectivity index (χ3v) is 5.68. The number of aromatic nitrogens is 1. The summed E-state index contributed by atoms with van der Waals surface area (Å²) in [6, 6.07) is 12.8. The van der Waals surface area contributed by atoms with Crippen molar-refractivity contribution in [2.45, 2.75) is 6.18 Å². The van der Waals surface area contributed by atoms with Crippen LogP contribution in [0.15, 0.2) is 48.5 Å². The Morgan fingerprint density at radius 2 is 1.63 bits per heavy atom.